The molecule has 0 spiro atoms. The molecular formula is C24H37F3O2. The molecule has 1 unspecified atom stereocenters. The second kappa shape index (κ2) is 6.60. The standard InChI is InChI=1S/C24H37F3O2/c1-17-2-4-18(5-3-17)21-9-6-20(7-10-21,8-11-21)16-29-23-14-12-22(28,13-15-23)19(25)24(23,26)27/h17-19,28H,2-16H2,1H3. The lowest BCUT2D eigenvalue weighted by atomic mass is 9.48. The maximum absolute atomic E-state index is 14.9. The minimum atomic E-state index is -3.60. The normalized spacial score (nSPS) is 53.9. The van der Waals surface area contributed by atoms with Crippen LogP contribution >= 0.6 is 0 Å². The van der Waals surface area contributed by atoms with Gasteiger partial charge in [-0.3, -0.25) is 0 Å². The molecule has 7 rings (SSSR count). The number of fused-ring (bicyclic) bond motifs is 6. The zero-order valence-corrected chi connectivity index (χ0v) is 17.8. The van der Waals surface area contributed by atoms with Crippen molar-refractivity contribution < 1.29 is 23.0 Å². The zero-order valence-electron chi connectivity index (χ0n) is 17.8. The van der Waals surface area contributed by atoms with Crippen LogP contribution in [-0.4, -0.2) is 35.0 Å². The van der Waals surface area contributed by atoms with E-state index in [1.165, 1.54) is 44.9 Å². The van der Waals surface area contributed by atoms with Gasteiger partial charge in [0, 0.05) is 0 Å². The quantitative estimate of drug-likeness (QED) is 0.593. The third kappa shape index (κ3) is 2.96. The fraction of sp³-hybridized carbons (Fsp3) is 1.00. The lowest BCUT2D eigenvalue weighted by molar-refractivity contribution is -0.333. The van der Waals surface area contributed by atoms with Gasteiger partial charge in [-0.15, -0.1) is 0 Å². The van der Waals surface area contributed by atoms with Crippen LogP contribution in [0, 0.1) is 22.7 Å². The Labute approximate surface area is 173 Å². The molecule has 0 saturated heterocycles. The summed E-state index contributed by atoms with van der Waals surface area (Å²) in [6.07, 6.45) is 10.1. The van der Waals surface area contributed by atoms with Gasteiger partial charge in [0.25, 0.3) is 0 Å². The highest BCUT2D eigenvalue weighted by atomic mass is 19.3. The summed E-state index contributed by atoms with van der Waals surface area (Å²) in [7, 11) is 0. The Morgan fingerprint density at radius 2 is 1.38 bits per heavy atom. The number of ether oxygens (including phenoxy) is 1. The van der Waals surface area contributed by atoms with E-state index >= 15 is 0 Å². The molecule has 0 aromatic heterocycles. The summed E-state index contributed by atoms with van der Waals surface area (Å²) in [6, 6.07) is 0. The monoisotopic (exact) mass is 414 g/mol. The van der Waals surface area contributed by atoms with E-state index in [1.807, 2.05) is 0 Å². The first-order chi connectivity index (χ1) is 13.6. The Morgan fingerprint density at radius 1 is 0.828 bits per heavy atom. The van der Waals surface area contributed by atoms with Gasteiger partial charge in [0.05, 0.1) is 6.61 Å². The van der Waals surface area contributed by atoms with Crippen molar-refractivity contribution in [1.82, 2.24) is 0 Å². The van der Waals surface area contributed by atoms with Gasteiger partial charge in [-0.25, -0.2) is 13.2 Å². The summed E-state index contributed by atoms with van der Waals surface area (Å²) in [6.45, 7) is 2.71. The Morgan fingerprint density at radius 3 is 1.93 bits per heavy atom. The number of hydrogen-bond donors (Lipinski definition) is 1. The highest BCUT2D eigenvalue weighted by Crippen LogP contribution is 2.64. The second-order valence-electron chi connectivity index (χ2n) is 11.7. The third-order valence-corrected chi connectivity index (χ3v) is 10.3. The summed E-state index contributed by atoms with van der Waals surface area (Å²) < 4.78 is 50.2. The highest BCUT2D eigenvalue weighted by molar-refractivity contribution is 5.17. The predicted molar refractivity (Wildman–Crippen MR) is 106 cm³/mol. The van der Waals surface area contributed by atoms with Gasteiger partial charge < -0.3 is 9.84 Å². The summed E-state index contributed by atoms with van der Waals surface area (Å²) in [5.41, 5.74) is -3.08. The van der Waals surface area contributed by atoms with Crippen LogP contribution in [0.4, 0.5) is 13.2 Å². The van der Waals surface area contributed by atoms with E-state index in [9.17, 15) is 18.3 Å². The van der Waals surface area contributed by atoms with Crippen molar-refractivity contribution in [3.63, 3.8) is 0 Å². The SMILES string of the molecule is CC1CCC(C23CCC(COC45CCC(O)(CC4)C(F)C5(F)F)(CC2)CC3)CC1. The number of alkyl halides is 3. The van der Waals surface area contributed by atoms with E-state index < -0.39 is 23.3 Å². The second-order valence-corrected chi connectivity index (χ2v) is 11.7. The molecule has 7 aliphatic rings. The fourth-order valence-corrected chi connectivity index (χ4v) is 7.77. The Hall–Kier alpha value is -0.290. The maximum atomic E-state index is 14.9. The van der Waals surface area contributed by atoms with Crippen molar-refractivity contribution in [2.75, 3.05) is 6.61 Å². The largest absolute Gasteiger partial charge is 0.387 e. The summed E-state index contributed by atoms with van der Waals surface area (Å²) in [5.74, 6) is -1.88. The molecule has 7 saturated carbocycles. The number of hydrogen-bond acceptors (Lipinski definition) is 2. The third-order valence-electron chi connectivity index (χ3n) is 10.3. The Kier molecular flexibility index (Phi) is 4.69. The summed E-state index contributed by atoms with van der Waals surface area (Å²) in [5, 5.41) is 10.2. The van der Waals surface area contributed by atoms with Crippen LogP contribution in [0.15, 0.2) is 0 Å². The molecule has 166 valence electrons. The molecule has 4 bridgehead atoms. The molecule has 0 amide bonds. The summed E-state index contributed by atoms with van der Waals surface area (Å²) >= 11 is 0. The first kappa shape index (κ1) is 20.6. The number of halogens is 3. The van der Waals surface area contributed by atoms with Gasteiger partial charge in [0.1, 0.15) is 11.2 Å². The van der Waals surface area contributed by atoms with Crippen molar-refractivity contribution in [3.05, 3.63) is 0 Å². The molecule has 29 heavy (non-hydrogen) atoms. The maximum Gasteiger partial charge on any atom is 0.309 e. The Bertz CT molecular complexity index is 608. The van der Waals surface area contributed by atoms with Crippen molar-refractivity contribution >= 4 is 0 Å². The van der Waals surface area contributed by atoms with Crippen LogP contribution in [-0.2, 0) is 4.74 Å². The average Bonchev–Trinajstić information content (AvgIpc) is 2.74. The first-order valence-corrected chi connectivity index (χ1v) is 12.0. The van der Waals surface area contributed by atoms with Crippen molar-refractivity contribution in [1.29, 1.82) is 0 Å². The molecule has 1 atom stereocenters. The van der Waals surface area contributed by atoms with Crippen LogP contribution in [0.2, 0.25) is 0 Å². The van der Waals surface area contributed by atoms with Crippen molar-refractivity contribution in [2.45, 2.75) is 120 Å². The average molecular weight is 415 g/mol. The molecule has 1 N–H and O–H groups in total. The van der Waals surface area contributed by atoms with Gasteiger partial charge in [0.2, 0.25) is 0 Å². The smallest absolute Gasteiger partial charge is 0.309 e. The van der Waals surface area contributed by atoms with Crippen LogP contribution in [0.5, 0.6) is 0 Å². The highest BCUT2D eigenvalue weighted by Gasteiger charge is 2.73. The first-order valence-electron chi connectivity index (χ1n) is 12.0. The number of aliphatic hydroxyl groups is 1. The molecule has 7 aliphatic carbocycles. The molecule has 0 heterocycles. The van der Waals surface area contributed by atoms with E-state index in [4.69, 9.17) is 4.74 Å². The van der Waals surface area contributed by atoms with E-state index in [2.05, 4.69) is 6.92 Å². The van der Waals surface area contributed by atoms with E-state index in [0.717, 1.165) is 31.1 Å². The zero-order chi connectivity index (χ0) is 20.5. The molecule has 2 nitrogen and oxygen atoms in total. The van der Waals surface area contributed by atoms with Crippen LogP contribution in [0.25, 0.3) is 0 Å². The van der Waals surface area contributed by atoms with E-state index in [-0.39, 0.29) is 31.1 Å². The van der Waals surface area contributed by atoms with Gasteiger partial charge in [-0.1, -0.05) is 19.8 Å². The molecule has 0 radical (unpaired) electrons. The van der Waals surface area contributed by atoms with Crippen molar-refractivity contribution in [3.8, 4) is 0 Å². The minimum absolute atomic E-state index is 0.00550. The lowest BCUT2D eigenvalue weighted by Crippen LogP contribution is -2.71. The van der Waals surface area contributed by atoms with Gasteiger partial charge in [0.15, 0.2) is 6.17 Å². The van der Waals surface area contributed by atoms with E-state index in [0.29, 0.717) is 12.0 Å². The topological polar surface area (TPSA) is 29.5 Å². The van der Waals surface area contributed by atoms with Gasteiger partial charge >= 0.3 is 5.92 Å². The summed E-state index contributed by atoms with van der Waals surface area (Å²) in [4.78, 5) is 0. The minimum Gasteiger partial charge on any atom is -0.387 e. The van der Waals surface area contributed by atoms with Crippen molar-refractivity contribution in [2.24, 2.45) is 22.7 Å². The van der Waals surface area contributed by atoms with E-state index in [1.54, 1.807) is 0 Å². The molecule has 7 fully saturated rings. The molecule has 0 aliphatic heterocycles. The molecule has 5 heteroatoms. The van der Waals surface area contributed by atoms with Gasteiger partial charge in [-0.05, 0) is 99.7 Å². The van der Waals surface area contributed by atoms with Crippen LogP contribution in [0.1, 0.15) is 96.8 Å². The molecule has 0 aromatic carbocycles. The van der Waals surface area contributed by atoms with Gasteiger partial charge in [-0.2, -0.15) is 0 Å². The lowest BCUT2D eigenvalue weighted by Gasteiger charge is -2.60. The fourth-order valence-electron chi connectivity index (χ4n) is 7.77. The number of rotatable bonds is 4. The Balaban J connectivity index is 1.24. The molecular weight excluding hydrogens is 377 g/mol. The molecule has 0 aromatic rings. The van der Waals surface area contributed by atoms with Crippen LogP contribution in [0.3, 0.4) is 0 Å². The van der Waals surface area contributed by atoms with Crippen LogP contribution < -0.4 is 0 Å². The predicted octanol–water partition coefficient (Wildman–Crippen LogP) is 6.20.